The molecule has 0 saturated carbocycles. The summed E-state index contributed by atoms with van der Waals surface area (Å²) < 4.78 is 0. The molecule has 0 spiro atoms. The highest BCUT2D eigenvalue weighted by atomic mass is 14.9. The summed E-state index contributed by atoms with van der Waals surface area (Å²) in [7, 11) is 0. The van der Waals surface area contributed by atoms with Crippen molar-refractivity contribution in [1.82, 2.24) is 20.3 Å². The molecule has 18 heavy (non-hydrogen) atoms. The van der Waals surface area contributed by atoms with Crippen molar-refractivity contribution in [3.63, 3.8) is 0 Å². The number of nitrogens with zero attached hydrogens (tertiary/aromatic N) is 4. The number of hydrogen-bond acceptors (Lipinski definition) is 5. The van der Waals surface area contributed by atoms with E-state index in [0.29, 0.717) is 18.8 Å². The molecule has 2 aromatic heterocycles. The van der Waals surface area contributed by atoms with E-state index in [1.165, 1.54) is 0 Å². The topological polar surface area (TPSA) is 74.5 Å². The van der Waals surface area contributed by atoms with Crippen molar-refractivity contribution in [3.05, 3.63) is 53.4 Å². The van der Waals surface area contributed by atoms with Gasteiger partial charge in [-0.25, -0.2) is 15.0 Å². The Bertz CT molecular complexity index is 574. The molecule has 0 atom stereocenters. The molecule has 2 heterocycles. The Kier molecular flexibility index (Phi) is 3.94. The van der Waals surface area contributed by atoms with Crippen LogP contribution in [0.5, 0.6) is 0 Å². The summed E-state index contributed by atoms with van der Waals surface area (Å²) in [4.78, 5) is 12.3. The molecule has 0 amide bonds. The standard InChI is InChI=1S/C13H13N5/c1-10-16-5-3-12(18-10)9-15-8-11-2-4-17-13(6-11)7-14/h2-6,15H,8-9H2,1H3. The van der Waals surface area contributed by atoms with Crippen LogP contribution in [-0.4, -0.2) is 15.0 Å². The second-order valence-corrected chi connectivity index (χ2v) is 3.86. The fourth-order valence-electron chi connectivity index (χ4n) is 1.58. The molecule has 5 heteroatoms. The summed E-state index contributed by atoms with van der Waals surface area (Å²) in [5.74, 6) is 0.768. The van der Waals surface area contributed by atoms with E-state index in [9.17, 15) is 0 Å². The largest absolute Gasteiger partial charge is 0.307 e. The zero-order chi connectivity index (χ0) is 12.8. The van der Waals surface area contributed by atoms with E-state index < -0.39 is 0 Å². The predicted octanol–water partition coefficient (Wildman–Crippen LogP) is 1.34. The molecule has 0 radical (unpaired) electrons. The lowest BCUT2D eigenvalue weighted by atomic mass is 10.2. The van der Waals surface area contributed by atoms with Gasteiger partial charge in [0, 0.05) is 25.5 Å². The molecule has 0 saturated heterocycles. The quantitative estimate of drug-likeness (QED) is 0.871. The molecule has 0 aliphatic rings. The van der Waals surface area contributed by atoms with Crippen LogP contribution >= 0.6 is 0 Å². The van der Waals surface area contributed by atoms with Gasteiger partial charge in [-0.05, 0) is 30.7 Å². The maximum Gasteiger partial charge on any atom is 0.140 e. The Labute approximate surface area is 106 Å². The molecular formula is C13H13N5. The molecule has 0 unspecified atom stereocenters. The average molecular weight is 239 g/mol. The number of nitriles is 1. The van der Waals surface area contributed by atoms with Crippen LogP contribution in [-0.2, 0) is 13.1 Å². The minimum atomic E-state index is 0.437. The Hall–Kier alpha value is -2.32. The molecule has 0 aromatic carbocycles. The lowest BCUT2D eigenvalue weighted by molar-refractivity contribution is 0.674. The first-order valence-corrected chi connectivity index (χ1v) is 5.62. The van der Waals surface area contributed by atoms with Crippen molar-refractivity contribution in [2.75, 3.05) is 0 Å². The normalized spacial score (nSPS) is 10.0. The minimum Gasteiger partial charge on any atom is -0.307 e. The zero-order valence-corrected chi connectivity index (χ0v) is 10.1. The van der Waals surface area contributed by atoms with Gasteiger partial charge in [-0.1, -0.05) is 0 Å². The predicted molar refractivity (Wildman–Crippen MR) is 66.3 cm³/mol. The van der Waals surface area contributed by atoms with Crippen molar-refractivity contribution in [2.45, 2.75) is 20.0 Å². The van der Waals surface area contributed by atoms with Crippen LogP contribution in [0.1, 0.15) is 22.8 Å². The third-order valence-electron chi connectivity index (χ3n) is 2.41. The maximum absolute atomic E-state index is 8.75. The number of hydrogen-bond donors (Lipinski definition) is 1. The van der Waals surface area contributed by atoms with Crippen LogP contribution in [0, 0.1) is 18.3 Å². The molecule has 5 nitrogen and oxygen atoms in total. The summed E-state index contributed by atoms with van der Waals surface area (Å²) in [5, 5.41) is 12.0. The van der Waals surface area contributed by atoms with Gasteiger partial charge in [0.15, 0.2) is 0 Å². The third kappa shape index (κ3) is 3.34. The van der Waals surface area contributed by atoms with E-state index >= 15 is 0 Å². The SMILES string of the molecule is Cc1nccc(CNCc2ccnc(C#N)c2)n1. The van der Waals surface area contributed by atoms with Gasteiger partial charge in [-0.2, -0.15) is 5.26 Å². The number of nitrogens with one attached hydrogen (secondary N) is 1. The Balaban J connectivity index is 1.90. The number of rotatable bonds is 4. The first-order valence-electron chi connectivity index (χ1n) is 5.62. The second kappa shape index (κ2) is 5.84. The Morgan fingerprint density at radius 2 is 2.06 bits per heavy atom. The van der Waals surface area contributed by atoms with E-state index in [-0.39, 0.29) is 0 Å². The smallest absolute Gasteiger partial charge is 0.140 e. The van der Waals surface area contributed by atoms with Crippen LogP contribution in [0.2, 0.25) is 0 Å². The van der Waals surface area contributed by atoms with Gasteiger partial charge in [0.2, 0.25) is 0 Å². The van der Waals surface area contributed by atoms with Gasteiger partial charge < -0.3 is 5.32 Å². The second-order valence-electron chi connectivity index (χ2n) is 3.86. The van der Waals surface area contributed by atoms with Crippen LogP contribution in [0.25, 0.3) is 0 Å². The molecule has 0 aliphatic heterocycles. The molecular weight excluding hydrogens is 226 g/mol. The molecule has 1 N–H and O–H groups in total. The average Bonchev–Trinajstić information content (AvgIpc) is 2.39. The van der Waals surface area contributed by atoms with Gasteiger partial charge in [-0.3, -0.25) is 0 Å². The molecule has 0 bridgehead atoms. The molecule has 90 valence electrons. The van der Waals surface area contributed by atoms with E-state index in [1.807, 2.05) is 25.1 Å². The monoisotopic (exact) mass is 239 g/mol. The molecule has 2 rings (SSSR count). The van der Waals surface area contributed by atoms with Crippen LogP contribution in [0.4, 0.5) is 0 Å². The Morgan fingerprint density at radius 1 is 1.22 bits per heavy atom. The first-order chi connectivity index (χ1) is 8.78. The zero-order valence-electron chi connectivity index (χ0n) is 10.1. The number of pyridine rings is 1. The lowest BCUT2D eigenvalue weighted by Crippen LogP contribution is -2.14. The van der Waals surface area contributed by atoms with Gasteiger partial charge >= 0.3 is 0 Å². The maximum atomic E-state index is 8.75. The lowest BCUT2D eigenvalue weighted by Gasteiger charge is -2.05. The Morgan fingerprint density at radius 3 is 2.83 bits per heavy atom. The number of aromatic nitrogens is 3. The van der Waals surface area contributed by atoms with E-state index in [1.54, 1.807) is 18.5 Å². The van der Waals surface area contributed by atoms with Crippen LogP contribution < -0.4 is 5.32 Å². The third-order valence-corrected chi connectivity index (χ3v) is 2.41. The molecule has 0 aliphatic carbocycles. The summed E-state index contributed by atoms with van der Waals surface area (Å²) >= 11 is 0. The van der Waals surface area contributed by atoms with Crippen molar-refractivity contribution >= 4 is 0 Å². The van der Waals surface area contributed by atoms with Crippen molar-refractivity contribution in [3.8, 4) is 6.07 Å². The van der Waals surface area contributed by atoms with Crippen molar-refractivity contribution in [2.24, 2.45) is 0 Å². The van der Waals surface area contributed by atoms with Crippen molar-refractivity contribution in [1.29, 1.82) is 5.26 Å². The van der Waals surface area contributed by atoms with Crippen LogP contribution in [0.3, 0.4) is 0 Å². The minimum absolute atomic E-state index is 0.437. The van der Waals surface area contributed by atoms with Crippen molar-refractivity contribution < 1.29 is 0 Å². The highest BCUT2D eigenvalue weighted by molar-refractivity contribution is 5.25. The summed E-state index contributed by atoms with van der Waals surface area (Å²) in [6.07, 6.45) is 3.39. The highest BCUT2D eigenvalue weighted by Gasteiger charge is 1.98. The van der Waals surface area contributed by atoms with Gasteiger partial charge in [0.25, 0.3) is 0 Å². The van der Waals surface area contributed by atoms with Gasteiger partial charge in [0.05, 0.1) is 5.69 Å². The summed E-state index contributed by atoms with van der Waals surface area (Å²) in [6, 6.07) is 7.57. The van der Waals surface area contributed by atoms with Gasteiger partial charge in [-0.15, -0.1) is 0 Å². The van der Waals surface area contributed by atoms with E-state index in [4.69, 9.17) is 5.26 Å². The first kappa shape index (κ1) is 12.1. The number of aryl methyl sites for hydroxylation is 1. The molecule has 0 fully saturated rings. The fourth-order valence-corrected chi connectivity index (χ4v) is 1.58. The summed E-state index contributed by atoms with van der Waals surface area (Å²) in [5.41, 5.74) is 2.43. The fraction of sp³-hybridized carbons (Fsp3) is 0.231. The van der Waals surface area contributed by atoms with Crippen LogP contribution in [0.15, 0.2) is 30.6 Å². The van der Waals surface area contributed by atoms with E-state index in [2.05, 4.69) is 20.3 Å². The highest BCUT2D eigenvalue weighted by Crippen LogP contribution is 2.01. The van der Waals surface area contributed by atoms with E-state index in [0.717, 1.165) is 17.1 Å². The van der Waals surface area contributed by atoms with Gasteiger partial charge in [0.1, 0.15) is 17.6 Å². The molecule has 2 aromatic rings. The summed E-state index contributed by atoms with van der Waals surface area (Å²) in [6.45, 7) is 3.22.